The van der Waals surface area contributed by atoms with Gasteiger partial charge in [0.1, 0.15) is 5.75 Å². The van der Waals surface area contributed by atoms with Gasteiger partial charge in [-0.1, -0.05) is 24.3 Å². The molecule has 2 N–H and O–H groups in total. The topological polar surface area (TPSA) is 52.8 Å². The normalized spacial score (nSPS) is 10.9. The number of phenols is 1. The predicted molar refractivity (Wildman–Crippen MR) is 67.7 cm³/mol. The zero-order valence-corrected chi connectivity index (χ0v) is 9.24. The highest BCUT2D eigenvalue weighted by atomic mass is 16.3. The zero-order valence-electron chi connectivity index (χ0n) is 9.24. The summed E-state index contributed by atoms with van der Waals surface area (Å²) in [5.41, 5.74) is 2.23. The Kier molecular flexibility index (Phi) is 3.52. The highest BCUT2D eigenvalue weighted by Crippen LogP contribution is 2.17. The minimum atomic E-state index is -0.0000526. The Labute approximate surface area is 99.7 Å². The average Bonchev–Trinajstić information content (AvgIpc) is 2.38. The Hall–Kier alpha value is -2.13. The van der Waals surface area contributed by atoms with Crippen molar-refractivity contribution in [2.24, 2.45) is 4.99 Å². The van der Waals surface area contributed by atoms with E-state index in [9.17, 15) is 5.11 Å². The molecule has 3 heteroatoms. The SMILES string of the molecule is OCc1cccc(N=Cc2ccccc2O)c1. The van der Waals surface area contributed by atoms with E-state index in [1.54, 1.807) is 30.5 Å². The number of benzene rings is 2. The highest BCUT2D eigenvalue weighted by molar-refractivity contribution is 5.85. The number of aliphatic imine (C=N–C) groups is 1. The molecule has 86 valence electrons. The fourth-order valence-corrected chi connectivity index (χ4v) is 1.48. The molecule has 0 radical (unpaired) electrons. The maximum Gasteiger partial charge on any atom is 0.124 e. The lowest BCUT2D eigenvalue weighted by molar-refractivity contribution is 0.282. The minimum absolute atomic E-state index is 0.0000526. The summed E-state index contributed by atoms with van der Waals surface area (Å²) in [7, 11) is 0. The van der Waals surface area contributed by atoms with Crippen molar-refractivity contribution in [3.8, 4) is 5.75 Å². The maximum absolute atomic E-state index is 9.56. The van der Waals surface area contributed by atoms with Crippen molar-refractivity contribution in [1.29, 1.82) is 0 Å². The van der Waals surface area contributed by atoms with Gasteiger partial charge in [0.25, 0.3) is 0 Å². The molecule has 2 aromatic rings. The van der Waals surface area contributed by atoms with Crippen molar-refractivity contribution in [3.05, 3.63) is 59.7 Å². The van der Waals surface area contributed by atoms with E-state index in [-0.39, 0.29) is 12.4 Å². The molecule has 0 spiro atoms. The third-order valence-corrected chi connectivity index (χ3v) is 2.38. The summed E-state index contributed by atoms with van der Waals surface area (Å²) in [5.74, 6) is 0.203. The quantitative estimate of drug-likeness (QED) is 0.792. The summed E-state index contributed by atoms with van der Waals surface area (Å²) in [6.07, 6.45) is 1.60. The van der Waals surface area contributed by atoms with Gasteiger partial charge in [-0.05, 0) is 29.8 Å². The molecule has 0 aliphatic heterocycles. The van der Waals surface area contributed by atoms with Gasteiger partial charge in [0, 0.05) is 11.8 Å². The Morgan fingerprint density at radius 3 is 2.65 bits per heavy atom. The van der Waals surface area contributed by atoms with Crippen LogP contribution in [0.3, 0.4) is 0 Å². The van der Waals surface area contributed by atoms with Crippen molar-refractivity contribution in [1.82, 2.24) is 0 Å². The molecule has 0 amide bonds. The molecule has 0 fully saturated rings. The summed E-state index contributed by atoms with van der Waals surface area (Å²) in [4.78, 5) is 4.25. The maximum atomic E-state index is 9.56. The lowest BCUT2D eigenvalue weighted by Crippen LogP contribution is -1.83. The monoisotopic (exact) mass is 227 g/mol. The van der Waals surface area contributed by atoms with Crippen LogP contribution in [-0.4, -0.2) is 16.4 Å². The summed E-state index contributed by atoms with van der Waals surface area (Å²) >= 11 is 0. The van der Waals surface area contributed by atoms with Gasteiger partial charge in [-0.25, -0.2) is 0 Å². The molecule has 3 nitrogen and oxygen atoms in total. The molecule has 0 saturated carbocycles. The Bertz CT molecular complexity index is 535. The molecule has 2 rings (SSSR count). The molecule has 0 atom stereocenters. The number of hydrogen-bond donors (Lipinski definition) is 2. The number of phenolic OH excluding ortho intramolecular Hbond substituents is 1. The second kappa shape index (κ2) is 5.27. The summed E-state index contributed by atoms with van der Waals surface area (Å²) in [6.45, 7) is -0.0000526. The number of rotatable bonds is 3. The van der Waals surface area contributed by atoms with Crippen molar-refractivity contribution in [3.63, 3.8) is 0 Å². The van der Waals surface area contributed by atoms with Crippen LogP contribution in [0.1, 0.15) is 11.1 Å². The molecular formula is C14H13NO2. The van der Waals surface area contributed by atoms with Gasteiger partial charge in [0.05, 0.1) is 12.3 Å². The van der Waals surface area contributed by atoms with Crippen LogP contribution in [0.25, 0.3) is 0 Å². The van der Waals surface area contributed by atoms with Gasteiger partial charge < -0.3 is 10.2 Å². The lowest BCUT2D eigenvalue weighted by atomic mass is 10.2. The number of aliphatic hydroxyl groups is 1. The number of para-hydroxylation sites is 1. The van der Waals surface area contributed by atoms with E-state index < -0.39 is 0 Å². The van der Waals surface area contributed by atoms with Gasteiger partial charge in [0.15, 0.2) is 0 Å². The van der Waals surface area contributed by atoms with E-state index >= 15 is 0 Å². The van der Waals surface area contributed by atoms with Gasteiger partial charge in [-0.15, -0.1) is 0 Å². The molecular weight excluding hydrogens is 214 g/mol. The van der Waals surface area contributed by atoms with Gasteiger partial charge in [0.2, 0.25) is 0 Å². The Balaban J connectivity index is 2.23. The van der Waals surface area contributed by atoms with Crippen LogP contribution in [-0.2, 0) is 6.61 Å². The van der Waals surface area contributed by atoms with E-state index in [1.807, 2.05) is 24.3 Å². The molecule has 2 aromatic carbocycles. The lowest BCUT2D eigenvalue weighted by Gasteiger charge is -1.99. The molecule has 0 aliphatic carbocycles. The average molecular weight is 227 g/mol. The first-order valence-electron chi connectivity index (χ1n) is 5.31. The third kappa shape index (κ3) is 2.92. The zero-order chi connectivity index (χ0) is 12.1. The van der Waals surface area contributed by atoms with Crippen LogP contribution < -0.4 is 0 Å². The van der Waals surface area contributed by atoms with E-state index in [2.05, 4.69) is 4.99 Å². The fraction of sp³-hybridized carbons (Fsp3) is 0.0714. The summed E-state index contributed by atoms with van der Waals surface area (Å²) < 4.78 is 0. The van der Waals surface area contributed by atoms with Crippen LogP contribution >= 0.6 is 0 Å². The number of hydrogen-bond acceptors (Lipinski definition) is 3. The van der Waals surface area contributed by atoms with E-state index in [1.165, 1.54) is 0 Å². The summed E-state index contributed by atoms with van der Waals surface area (Å²) in [5, 5.41) is 18.6. The summed E-state index contributed by atoms with van der Waals surface area (Å²) in [6, 6.07) is 14.3. The van der Waals surface area contributed by atoms with Crippen molar-refractivity contribution in [2.75, 3.05) is 0 Å². The molecule has 17 heavy (non-hydrogen) atoms. The van der Waals surface area contributed by atoms with Crippen LogP contribution in [0.4, 0.5) is 5.69 Å². The molecule has 0 aromatic heterocycles. The first-order valence-corrected chi connectivity index (χ1v) is 5.31. The Morgan fingerprint density at radius 2 is 1.88 bits per heavy atom. The van der Waals surface area contributed by atoms with Crippen LogP contribution in [0.15, 0.2) is 53.5 Å². The smallest absolute Gasteiger partial charge is 0.124 e. The largest absolute Gasteiger partial charge is 0.507 e. The molecule has 0 aliphatic rings. The number of nitrogens with zero attached hydrogens (tertiary/aromatic N) is 1. The van der Waals surface area contributed by atoms with Crippen molar-refractivity contribution < 1.29 is 10.2 Å². The second-order valence-electron chi connectivity index (χ2n) is 3.65. The first-order chi connectivity index (χ1) is 8.29. The van der Waals surface area contributed by atoms with Crippen LogP contribution in [0.2, 0.25) is 0 Å². The highest BCUT2D eigenvalue weighted by Gasteiger charge is 1.96. The molecule has 0 heterocycles. The molecule has 0 saturated heterocycles. The fourth-order valence-electron chi connectivity index (χ4n) is 1.48. The van der Waals surface area contributed by atoms with Crippen LogP contribution in [0.5, 0.6) is 5.75 Å². The molecule has 0 unspecified atom stereocenters. The Morgan fingerprint density at radius 1 is 1.06 bits per heavy atom. The van der Waals surface area contributed by atoms with Gasteiger partial charge >= 0.3 is 0 Å². The third-order valence-electron chi connectivity index (χ3n) is 2.38. The van der Waals surface area contributed by atoms with E-state index in [4.69, 9.17) is 5.11 Å². The minimum Gasteiger partial charge on any atom is -0.507 e. The standard InChI is InChI=1S/C14H13NO2/c16-10-11-4-3-6-13(8-11)15-9-12-5-1-2-7-14(12)17/h1-9,16-17H,10H2. The number of aromatic hydroxyl groups is 1. The predicted octanol–water partition coefficient (Wildman–Crippen LogP) is 2.64. The second-order valence-corrected chi connectivity index (χ2v) is 3.65. The van der Waals surface area contributed by atoms with Gasteiger partial charge in [-0.2, -0.15) is 0 Å². The van der Waals surface area contributed by atoms with E-state index in [0.29, 0.717) is 5.56 Å². The molecule has 0 bridgehead atoms. The number of aliphatic hydroxyl groups excluding tert-OH is 1. The van der Waals surface area contributed by atoms with Crippen LogP contribution in [0, 0.1) is 0 Å². The van der Waals surface area contributed by atoms with Crippen molar-refractivity contribution >= 4 is 11.9 Å². The van der Waals surface area contributed by atoms with Gasteiger partial charge in [-0.3, -0.25) is 4.99 Å². The van der Waals surface area contributed by atoms with Crippen molar-refractivity contribution in [2.45, 2.75) is 6.61 Å². The first kappa shape index (κ1) is 11.4. The van der Waals surface area contributed by atoms with E-state index in [0.717, 1.165) is 11.3 Å².